The second-order valence-electron chi connectivity index (χ2n) is 16.2. The van der Waals surface area contributed by atoms with Gasteiger partial charge in [-0.1, -0.05) is 6.07 Å². The Morgan fingerprint density at radius 1 is 0.618 bits per heavy atom. The Labute approximate surface area is 430 Å². The van der Waals surface area contributed by atoms with E-state index in [1.807, 2.05) is 0 Å². The zero-order valence-electron chi connectivity index (χ0n) is 41.1. The summed E-state index contributed by atoms with van der Waals surface area (Å²) >= 11 is 0. The second-order valence-corrected chi connectivity index (χ2v) is 16.2. The zero-order valence-corrected chi connectivity index (χ0v) is 41.1. The van der Waals surface area contributed by atoms with Gasteiger partial charge in [-0.15, -0.1) is 0 Å². The number of hydrogen-bond acceptors (Lipinski definition) is 16. The van der Waals surface area contributed by atoms with Crippen molar-refractivity contribution in [3.63, 3.8) is 0 Å². The summed E-state index contributed by atoms with van der Waals surface area (Å²) in [5.41, 5.74) is -0.335. The van der Waals surface area contributed by atoms with Crippen LogP contribution in [0.2, 0.25) is 0 Å². The Morgan fingerprint density at radius 3 is 1.62 bits per heavy atom. The largest absolute Gasteiger partial charge is 0.505 e. The molecule has 0 spiro atoms. The van der Waals surface area contributed by atoms with Gasteiger partial charge >= 0.3 is 17.9 Å². The first-order valence-corrected chi connectivity index (χ1v) is 22.9. The minimum Gasteiger partial charge on any atom is -0.505 e. The Bertz CT molecular complexity index is 3500. The van der Waals surface area contributed by atoms with Gasteiger partial charge < -0.3 is 33.5 Å². The first-order chi connectivity index (χ1) is 36.6. The van der Waals surface area contributed by atoms with Crippen LogP contribution in [-0.4, -0.2) is 112 Å². The number of aryl methyl sites for hydroxylation is 1. The van der Waals surface area contributed by atoms with Gasteiger partial charge in [0.1, 0.15) is 34.9 Å². The van der Waals surface area contributed by atoms with Gasteiger partial charge in [0.15, 0.2) is 23.1 Å². The van der Waals surface area contributed by atoms with Gasteiger partial charge in [0.05, 0.1) is 62.5 Å². The maximum absolute atomic E-state index is 15.0. The molecule has 0 saturated carbocycles. The number of phenolic OH excluding ortho intramolecular Hbond substituents is 1. The molecule has 1 aliphatic heterocycles. The highest BCUT2D eigenvalue weighted by Crippen LogP contribution is 2.32. The third kappa shape index (κ3) is 12.8. The van der Waals surface area contributed by atoms with Gasteiger partial charge in [-0.25, -0.2) is 32.5 Å². The van der Waals surface area contributed by atoms with E-state index in [1.165, 1.54) is 105 Å². The van der Waals surface area contributed by atoms with Crippen LogP contribution in [0.3, 0.4) is 0 Å². The van der Waals surface area contributed by atoms with Gasteiger partial charge in [-0.3, -0.25) is 38.0 Å². The van der Waals surface area contributed by atoms with Crippen molar-refractivity contribution in [2.75, 3.05) is 60.8 Å². The molecule has 0 atom stereocenters. The van der Waals surface area contributed by atoms with Crippen LogP contribution in [0, 0.1) is 24.4 Å². The number of methoxy groups -OCH3 is 3. The predicted molar refractivity (Wildman–Crippen MR) is 269 cm³/mol. The highest BCUT2D eigenvalue weighted by Gasteiger charge is 2.18. The highest BCUT2D eigenvalue weighted by atomic mass is 19.1. The maximum Gasteiger partial charge on any atom is 0.343 e. The van der Waals surface area contributed by atoms with Gasteiger partial charge in [-0.05, 0) is 91.3 Å². The van der Waals surface area contributed by atoms with E-state index in [-0.39, 0.29) is 33.8 Å². The van der Waals surface area contributed by atoms with Crippen LogP contribution in [0.1, 0.15) is 36.6 Å². The molecule has 3 aromatic carbocycles. The molecule has 76 heavy (non-hydrogen) atoms. The van der Waals surface area contributed by atoms with Crippen LogP contribution in [-0.2, 0) is 18.9 Å². The molecule has 0 radical (unpaired) electrons. The summed E-state index contributed by atoms with van der Waals surface area (Å²) in [4.78, 5) is 82.4. The van der Waals surface area contributed by atoms with Crippen molar-refractivity contribution >= 4 is 28.8 Å². The topological polar surface area (TPSA) is 222 Å². The number of carbonyl (C=O) groups excluding carboxylic acids is 3. The molecule has 0 aliphatic carbocycles. The van der Waals surface area contributed by atoms with E-state index in [0.717, 1.165) is 60.2 Å². The summed E-state index contributed by atoms with van der Waals surface area (Å²) in [6.07, 6.45) is 7.43. The maximum atomic E-state index is 15.0. The number of fused-ring (bicyclic) bond motifs is 1. The molecule has 9 rings (SSSR count). The lowest BCUT2D eigenvalue weighted by molar-refractivity contribution is 0.0320. The lowest BCUT2D eigenvalue weighted by atomic mass is 10.2. The fraction of sp³-hybridized carbons (Fsp3) is 0.185. The Hall–Kier alpha value is -9.41. The van der Waals surface area contributed by atoms with E-state index in [0.29, 0.717) is 40.4 Å². The van der Waals surface area contributed by atoms with E-state index in [4.69, 9.17) is 19.3 Å². The number of carbonyl (C=O) groups is 3. The van der Waals surface area contributed by atoms with Gasteiger partial charge in [0.2, 0.25) is 5.88 Å². The highest BCUT2D eigenvalue weighted by molar-refractivity contribution is 5.90. The van der Waals surface area contributed by atoms with Crippen LogP contribution in [0.5, 0.6) is 23.1 Å². The molecule has 22 heteroatoms. The number of ether oxygens (including phenoxy) is 6. The van der Waals surface area contributed by atoms with Crippen molar-refractivity contribution in [1.29, 1.82) is 0 Å². The summed E-state index contributed by atoms with van der Waals surface area (Å²) in [5, 5.41) is 9.69. The van der Waals surface area contributed by atoms with Crippen molar-refractivity contribution in [3.8, 4) is 40.2 Å². The molecule has 8 aromatic rings. The molecule has 19 nitrogen and oxygen atoms in total. The molecular weight excluding hydrogens is 998 g/mol. The van der Waals surface area contributed by atoms with Crippen molar-refractivity contribution in [1.82, 2.24) is 28.6 Å². The smallest absolute Gasteiger partial charge is 0.343 e. The number of phenols is 1. The summed E-state index contributed by atoms with van der Waals surface area (Å²) in [6, 6.07) is 23.9. The average Bonchev–Trinajstić information content (AvgIpc) is 3.44. The van der Waals surface area contributed by atoms with Gasteiger partial charge in [0.25, 0.3) is 16.7 Å². The SMILES string of the molecule is COC(=O)c1cccn(-c2ccc(C)c(F)c2)c1=O.COC(=O)c1cccn(-c2ccc(O)c(F)c2)c1=O.COC(=O)c1cccn(-c2ccc(Oc3ccnc4cc(OCCN5CCOCC5)ncc34)c(F)c2)c1=O. The van der Waals surface area contributed by atoms with E-state index in [1.54, 1.807) is 43.6 Å². The van der Waals surface area contributed by atoms with Gasteiger partial charge in [0, 0.05) is 68.8 Å². The number of esters is 3. The fourth-order valence-corrected chi connectivity index (χ4v) is 7.38. The lowest BCUT2D eigenvalue weighted by Crippen LogP contribution is -2.38. The van der Waals surface area contributed by atoms with Crippen LogP contribution in [0.4, 0.5) is 13.2 Å². The number of halogens is 3. The van der Waals surface area contributed by atoms with E-state index < -0.39 is 57.8 Å². The van der Waals surface area contributed by atoms with Crippen molar-refractivity contribution < 1.29 is 61.1 Å². The third-order valence-electron chi connectivity index (χ3n) is 11.4. The summed E-state index contributed by atoms with van der Waals surface area (Å²) < 4.78 is 75.9. The molecule has 1 saturated heterocycles. The Balaban J connectivity index is 0.000000185. The molecule has 0 amide bonds. The third-order valence-corrected chi connectivity index (χ3v) is 11.4. The zero-order chi connectivity index (χ0) is 54.5. The molecule has 1 fully saturated rings. The standard InChI is InChI=1S/C27H25FN4O6.C14H12FNO3.C13H10FNO4/c1-35-27(34)19-3-2-8-32(26(19)33)18-4-5-24(21(28)15-18)38-23-6-7-29-22-16-25(30-17-20(22)23)37-14-11-31-9-12-36-13-10-31;1-9-5-6-10(8-12(9)15)16-7-3-4-11(13(16)17)14(18)19-2;1-19-13(18)9-3-2-6-15(12(9)17)8-4-5-11(16)10(14)7-8/h2-8,15-17H,9-14H2,1H3;3-8H,1-2H3;2-7,16H,1H3. The normalized spacial score (nSPS) is 12.0. The van der Waals surface area contributed by atoms with E-state index >= 15 is 4.39 Å². The first kappa shape index (κ1) is 54.4. The molecular formula is C54H47F3N6O13. The first-order valence-electron chi connectivity index (χ1n) is 22.9. The van der Waals surface area contributed by atoms with Crippen molar-refractivity contribution in [2.45, 2.75) is 6.92 Å². The molecule has 1 N–H and O–H groups in total. The number of aromatic nitrogens is 5. The number of pyridine rings is 5. The number of hydrogen-bond donors (Lipinski definition) is 1. The van der Waals surface area contributed by atoms with Crippen molar-refractivity contribution in [2.24, 2.45) is 0 Å². The van der Waals surface area contributed by atoms with Gasteiger partial charge in [-0.2, -0.15) is 0 Å². The lowest BCUT2D eigenvalue weighted by Gasteiger charge is -2.26. The Morgan fingerprint density at radius 2 is 1.12 bits per heavy atom. The molecule has 6 heterocycles. The predicted octanol–water partition coefficient (Wildman–Crippen LogP) is 6.75. The van der Waals surface area contributed by atoms with Crippen LogP contribution >= 0.6 is 0 Å². The molecule has 0 unspecified atom stereocenters. The van der Waals surface area contributed by atoms with E-state index in [2.05, 4.69) is 29.1 Å². The quantitative estimate of drug-likeness (QED) is 0.0987. The molecule has 5 aromatic heterocycles. The average molecular weight is 1040 g/mol. The molecule has 1 aliphatic rings. The van der Waals surface area contributed by atoms with Crippen molar-refractivity contribution in [3.05, 3.63) is 205 Å². The second kappa shape index (κ2) is 25.0. The monoisotopic (exact) mass is 1040 g/mol. The van der Waals surface area contributed by atoms with E-state index in [9.17, 15) is 37.5 Å². The minimum absolute atomic E-state index is 0.0516. The number of aromatic hydroxyl groups is 1. The fourth-order valence-electron chi connectivity index (χ4n) is 7.38. The number of morpholine rings is 1. The minimum atomic E-state index is -0.854. The summed E-state index contributed by atoms with van der Waals surface area (Å²) in [6.45, 7) is 6.10. The van der Waals surface area contributed by atoms with Crippen LogP contribution in [0.25, 0.3) is 28.0 Å². The summed E-state index contributed by atoms with van der Waals surface area (Å²) in [5.74, 6) is -3.98. The molecule has 392 valence electrons. The van der Waals surface area contributed by atoms with Crippen LogP contribution in [0.15, 0.2) is 148 Å². The number of rotatable bonds is 12. The van der Waals surface area contributed by atoms with Crippen LogP contribution < -0.4 is 26.2 Å². The Kier molecular flexibility index (Phi) is 17.9. The number of benzene rings is 3. The number of nitrogens with zero attached hydrogens (tertiary/aromatic N) is 6. The summed E-state index contributed by atoms with van der Waals surface area (Å²) in [7, 11) is 3.55. The molecule has 0 bridgehead atoms.